The van der Waals surface area contributed by atoms with Crippen molar-refractivity contribution in [3.05, 3.63) is 56.7 Å². The molecule has 2 rings (SSSR count). The molecule has 1 aromatic carbocycles. The van der Waals surface area contributed by atoms with E-state index in [1.54, 1.807) is 12.1 Å². The van der Waals surface area contributed by atoms with Crippen LogP contribution in [0.2, 0.25) is 5.02 Å². The standard InChI is InChI=1S/C13H10ClF3O2S2/c14-12-4-2-1-3-9(12)7-21(18,19)8-10-5-20-6-11(10)13(15,16)17/h1-6H,7-8H2. The van der Waals surface area contributed by atoms with Crippen LogP contribution in [0.25, 0.3) is 0 Å². The lowest BCUT2D eigenvalue weighted by molar-refractivity contribution is -0.137. The van der Waals surface area contributed by atoms with E-state index in [4.69, 9.17) is 11.6 Å². The summed E-state index contributed by atoms with van der Waals surface area (Å²) < 4.78 is 62.4. The van der Waals surface area contributed by atoms with Crippen molar-refractivity contribution in [1.29, 1.82) is 0 Å². The van der Waals surface area contributed by atoms with Gasteiger partial charge in [-0.2, -0.15) is 24.5 Å². The summed E-state index contributed by atoms with van der Waals surface area (Å²) in [5.41, 5.74) is -0.738. The normalized spacial score (nSPS) is 12.6. The average molecular weight is 355 g/mol. The van der Waals surface area contributed by atoms with E-state index < -0.39 is 27.3 Å². The Morgan fingerprint density at radius 3 is 2.29 bits per heavy atom. The predicted octanol–water partition coefficient (Wildman–Crippen LogP) is 4.54. The van der Waals surface area contributed by atoms with Gasteiger partial charge < -0.3 is 0 Å². The fourth-order valence-corrected chi connectivity index (χ4v) is 4.62. The van der Waals surface area contributed by atoms with Crippen LogP contribution in [-0.4, -0.2) is 8.42 Å². The zero-order valence-electron chi connectivity index (χ0n) is 10.5. The Labute approximate surface area is 129 Å². The molecule has 0 saturated carbocycles. The second-order valence-corrected chi connectivity index (χ2v) is 7.65. The summed E-state index contributed by atoms with van der Waals surface area (Å²) in [5.74, 6) is -1.05. The van der Waals surface area contributed by atoms with E-state index in [-0.39, 0.29) is 16.3 Å². The van der Waals surface area contributed by atoms with Crippen molar-refractivity contribution in [1.82, 2.24) is 0 Å². The van der Waals surface area contributed by atoms with Crippen LogP contribution >= 0.6 is 22.9 Å². The third kappa shape index (κ3) is 4.21. The molecule has 0 aliphatic rings. The minimum atomic E-state index is -4.55. The molecule has 0 aliphatic heterocycles. The summed E-state index contributed by atoms with van der Waals surface area (Å²) >= 11 is 6.71. The van der Waals surface area contributed by atoms with Crippen LogP contribution < -0.4 is 0 Å². The fraction of sp³-hybridized carbons (Fsp3) is 0.231. The number of alkyl halides is 3. The second-order valence-electron chi connectivity index (χ2n) is 4.43. The van der Waals surface area contributed by atoms with Gasteiger partial charge in [0.2, 0.25) is 0 Å². The van der Waals surface area contributed by atoms with Crippen LogP contribution in [0, 0.1) is 0 Å². The first-order chi connectivity index (χ1) is 9.69. The molecule has 0 N–H and O–H groups in total. The van der Waals surface area contributed by atoms with Crippen molar-refractivity contribution in [2.75, 3.05) is 0 Å². The van der Waals surface area contributed by atoms with Gasteiger partial charge in [-0.3, -0.25) is 0 Å². The zero-order valence-corrected chi connectivity index (χ0v) is 12.9. The molecular formula is C13H10ClF3O2S2. The topological polar surface area (TPSA) is 34.1 Å². The van der Waals surface area contributed by atoms with E-state index in [1.807, 2.05) is 0 Å². The van der Waals surface area contributed by atoms with Gasteiger partial charge in [0.15, 0.2) is 9.84 Å². The molecule has 1 heterocycles. The number of halogens is 4. The molecule has 1 aromatic heterocycles. The van der Waals surface area contributed by atoms with Crippen LogP contribution in [0.5, 0.6) is 0 Å². The molecule has 0 saturated heterocycles. The van der Waals surface area contributed by atoms with Crippen LogP contribution in [0.3, 0.4) is 0 Å². The van der Waals surface area contributed by atoms with Gasteiger partial charge in [0.25, 0.3) is 0 Å². The number of benzene rings is 1. The van der Waals surface area contributed by atoms with E-state index in [0.717, 1.165) is 16.7 Å². The Hall–Kier alpha value is -1.05. The van der Waals surface area contributed by atoms with Crippen molar-refractivity contribution >= 4 is 32.8 Å². The van der Waals surface area contributed by atoms with Gasteiger partial charge in [-0.15, -0.1) is 0 Å². The maximum Gasteiger partial charge on any atom is 0.417 e. The average Bonchev–Trinajstić information content (AvgIpc) is 2.79. The summed E-state index contributed by atoms with van der Waals surface area (Å²) in [4.78, 5) is 0. The second kappa shape index (κ2) is 5.98. The summed E-state index contributed by atoms with van der Waals surface area (Å²) in [6, 6.07) is 6.36. The molecule has 2 nitrogen and oxygen atoms in total. The monoisotopic (exact) mass is 354 g/mol. The van der Waals surface area contributed by atoms with Crippen LogP contribution in [0.15, 0.2) is 35.0 Å². The molecule has 0 unspecified atom stereocenters. The fourth-order valence-electron chi connectivity index (χ4n) is 1.82. The Morgan fingerprint density at radius 2 is 1.67 bits per heavy atom. The first-order valence-corrected chi connectivity index (χ1v) is 8.89. The third-order valence-corrected chi connectivity index (χ3v) is 5.42. The van der Waals surface area contributed by atoms with Crippen LogP contribution in [0.1, 0.15) is 16.7 Å². The summed E-state index contributed by atoms with van der Waals surface area (Å²) in [6.07, 6.45) is -4.55. The number of rotatable bonds is 4. The van der Waals surface area contributed by atoms with E-state index in [2.05, 4.69) is 0 Å². The van der Waals surface area contributed by atoms with Gasteiger partial charge in [-0.05, 0) is 22.6 Å². The van der Waals surface area contributed by atoms with Gasteiger partial charge in [-0.25, -0.2) is 8.42 Å². The molecule has 2 aromatic rings. The largest absolute Gasteiger partial charge is 0.417 e. The molecule has 0 aliphatic carbocycles. The Kier molecular flexibility index (Phi) is 4.65. The lowest BCUT2D eigenvalue weighted by atomic mass is 10.2. The third-order valence-electron chi connectivity index (χ3n) is 2.76. The first-order valence-electron chi connectivity index (χ1n) is 5.75. The minimum absolute atomic E-state index is 0.223. The molecule has 0 spiro atoms. The maximum absolute atomic E-state index is 12.7. The van der Waals surface area contributed by atoms with Crippen LogP contribution in [-0.2, 0) is 27.5 Å². The lowest BCUT2D eigenvalue weighted by Crippen LogP contribution is -2.12. The maximum atomic E-state index is 12.7. The van der Waals surface area contributed by atoms with Crippen molar-refractivity contribution in [2.45, 2.75) is 17.7 Å². The van der Waals surface area contributed by atoms with Crippen molar-refractivity contribution in [3.8, 4) is 0 Å². The highest BCUT2D eigenvalue weighted by Crippen LogP contribution is 2.35. The van der Waals surface area contributed by atoms with Gasteiger partial charge >= 0.3 is 6.18 Å². The minimum Gasteiger partial charge on any atom is -0.228 e. The van der Waals surface area contributed by atoms with E-state index in [0.29, 0.717) is 5.56 Å². The zero-order chi connectivity index (χ0) is 15.7. The van der Waals surface area contributed by atoms with E-state index >= 15 is 0 Å². The predicted molar refractivity (Wildman–Crippen MR) is 77.1 cm³/mol. The SMILES string of the molecule is O=S(=O)(Cc1ccccc1Cl)Cc1cscc1C(F)(F)F. The van der Waals surface area contributed by atoms with Crippen molar-refractivity contribution in [2.24, 2.45) is 0 Å². The molecule has 8 heteroatoms. The highest BCUT2D eigenvalue weighted by molar-refractivity contribution is 7.89. The summed E-state index contributed by atoms with van der Waals surface area (Å²) in [7, 11) is -3.74. The smallest absolute Gasteiger partial charge is 0.228 e. The highest BCUT2D eigenvalue weighted by atomic mass is 35.5. The number of hydrogen-bond donors (Lipinski definition) is 0. The molecule has 0 amide bonds. The van der Waals surface area contributed by atoms with Gasteiger partial charge in [-0.1, -0.05) is 29.8 Å². The van der Waals surface area contributed by atoms with E-state index in [1.165, 1.54) is 17.5 Å². The lowest BCUT2D eigenvalue weighted by Gasteiger charge is -2.09. The number of sulfone groups is 1. The van der Waals surface area contributed by atoms with Crippen LogP contribution in [0.4, 0.5) is 13.2 Å². The van der Waals surface area contributed by atoms with Gasteiger partial charge in [0.05, 0.1) is 17.1 Å². The summed E-state index contributed by atoms with van der Waals surface area (Å²) in [5, 5.41) is 2.41. The molecule has 0 bridgehead atoms. The molecule has 114 valence electrons. The molecule has 21 heavy (non-hydrogen) atoms. The molecule has 0 fully saturated rings. The number of hydrogen-bond acceptors (Lipinski definition) is 3. The number of thiophene rings is 1. The van der Waals surface area contributed by atoms with Crippen molar-refractivity contribution < 1.29 is 21.6 Å². The Morgan fingerprint density at radius 1 is 1.05 bits per heavy atom. The van der Waals surface area contributed by atoms with E-state index in [9.17, 15) is 21.6 Å². The van der Waals surface area contributed by atoms with Gasteiger partial charge in [0, 0.05) is 10.4 Å². The highest BCUT2D eigenvalue weighted by Gasteiger charge is 2.35. The summed E-state index contributed by atoms with van der Waals surface area (Å²) in [6.45, 7) is 0. The first kappa shape index (κ1) is 16.3. The molecule has 0 atom stereocenters. The van der Waals surface area contributed by atoms with Crippen molar-refractivity contribution in [3.63, 3.8) is 0 Å². The van der Waals surface area contributed by atoms with Gasteiger partial charge in [0.1, 0.15) is 0 Å². The molecular weight excluding hydrogens is 345 g/mol. The quantitative estimate of drug-likeness (QED) is 0.808. The Balaban J connectivity index is 2.23. The Bertz CT molecular complexity index is 736. The molecule has 0 radical (unpaired) electrons.